The maximum absolute atomic E-state index is 5.26. The summed E-state index contributed by atoms with van der Waals surface area (Å²) < 4.78 is 2.29. The van der Waals surface area contributed by atoms with E-state index in [-0.39, 0.29) is 0 Å². The van der Waals surface area contributed by atoms with E-state index in [1.165, 1.54) is 55.6 Å². The minimum Gasteiger partial charge on any atom is -0.292 e. The Morgan fingerprint density at radius 2 is 1.14 bits per heavy atom. The minimum absolute atomic E-state index is 0.566. The molecule has 0 bridgehead atoms. The van der Waals surface area contributed by atoms with Crippen LogP contribution in [0.3, 0.4) is 0 Å². The summed E-state index contributed by atoms with van der Waals surface area (Å²) >= 11 is 0. The van der Waals surface area contributed by atoms with Crippen molar-refractivity contribution in [1.82, 2.24) is 9.55 Å². The highest BCUT2D eigenvalue weighted by molar-refractivity contribution is 5.91. The summed E-state index contributed by atoms with van der Waals surface area (Å²) in [7, 11) is 0. The fourth-order valence-corrected chi connectivity index (χ4v) is 8.54. The smallest absolute Gasteiger partial charge is 0.145 e. The summed E-state index contributed by atoms with van der Waals surface area (Å²) in [6, 6.07) is 63.9. The topological polar surface area (TPSA) is 17.8 Å². The molecule has 0 aliphatic heterocycles. The van der Waals surface area contributed by atoms with Crippen LogP contribution in [0.25, 0.3) is 61.5 Å². The fraction of sp³-hybridized carbons (Fsp3) is 0.0702. The van der Waals surface area contributed by atoms with Gasteiger partial charge >= 0.3 is 0 Å². The first kappa shape index (κ1) is 38.6. The van der Waals surface area contributed by atoms with Gasteiger partial charge in [-0.2, -0.15) is 0 Å². The van der Waals surface area contributed by atoms with Crippen molar-refractivity contribution in [2.75, 3.05) is 0 Å². The van der Waals surface area contributed by atoms with Gasteiger partial charge < -0.3 is 0 Å². The van der Waals surface area contributed by atoms with Crippen LogP contribution in [0.4, 0.5) is 0 Å². The Kier molecular flexibility index (Phi) is 11.4. The second-order valence-electron chi connectivity index (χ2n) is 14.5. The number of para-hydroxylation sites is 3. The molecule has 0 saturated heterocycles. The molecule has 0 spiro atoms. The molecule has 8 aromatic rings. The SMILES string of the molecule is C/C=C\C.C1=CCC=CC(C2(c3cc(-c4ccccc4)cc(-c4ccccc4)c3)c3ccccc3-c3cc(-c4nc5ccccc5n4-c4ccccc4)ccc32)=C1.C=C. The van der Waals surface area contributed by atoms with Crippen LogP contribution in [0.5, 0.6) is 0 Å². The van der Waals surface area contributed by atoms with E-state index in [1.807, 2.05) is 26.0 Å². The lowest BCUT2D eigenvalue weighted by molar-refractivity contribution is 0.767. The summed E-state index contributed by atoms with van der Waals surface area (Å²) in [6.07, 6.45) is 16.4. The molecule has 1 atom stereocenters. The molecule has 286 valence electrons. The van der Waals surface area contributed by atoms with Crippen molar-refractivity contribution >= 4 is 11.0 Å². The first-order valence-corrected chi connectivity index (χ1v) is 20.4. The number of allylic oxidation sites excluding steroid dienone is 8. The van der Waals surface area contributed by atoms with Crippen LogP contribution in [0, 0.1) is 0 Å². The van der Waals surface area contributed by atoms with Gasteiger partial charge in [0.05, 0.1) is 16.4 Å². The van der Waals surface area contributed by atoms with Crippen molar-refractivity contribution in [3.05, 3.63) is 254 Å². The van der Waals surface area contributed by atoms with Crippen molar-refractivity contribution in [2.45, 2.75) is 25.7 Å². The zero-order valence-corrected chi connectivity index (χ0v) is 33.8. The zero-order valence-electron chi connectivity index (χ0n) is 33.8. The lowest BCUT2D eigenvalue weighted by Crippen LogP contribution is -2.29. The first-order valence-electron chi connectivity index (χ1n) is 20.4. The number of hydrogen-bond donors (Lipinski definition) is 0. The van der Waals surface area contributed by atoms with Gasteiger partial charge in [-0.1, -0.05) is 170 Å². The summed E-state index contributed by atoms with van der Waals surface area (Å²) in [5.41, 5.74) is 16.1. The molecule has 2 nitrogen and oxygen atoms in total. The van der Waals surface area contributed by atoms with E-state index in [0.29, 0.717) is 0 Å². The third kappa shape index (κ3) is 7.15. The van der Waals surface area contributed by atoms with Crippen LogP contribution in [0.2, 0.25) is 0 Å². The van der Waals surface area contributed by atoms with Gasteiger partial charge in [0.1, 0.15) is 5.82 Å². The van der Waals surface area contributed by atoms with Crippen LogP contribution < -0.4 is 0 Å². The van der Waals surface area contributed by atoms with E-state index in [0.717, 1.165) is 34.5 Å². The number of imidazole rings is 1. The summed E-state index contributed by atoms with van der Waals surface area (Å²) in [6.45, 7) is 10.0. The first-order chi connectivity index (χ1) is 29.2. The zero-order chi connectivity index (χ0) is 40.6. The number of rotatable bonds is 6. The van der Waals surface area contributed by atoms with Gasteiger partial charge in [-0.05, 0) is 124 Å². The summed E-state index contributed by atoms with van der Waals surface area (Å²) in [5.74, 6) is 0.934. The quantitative estimate of drug-likeness (QED) is 0.154. The minimum atomic E-state index is -0.566. The lowest BCUT2D eigenvalue weighted by Gasteiger charge is -2.35. The molecule has 0 radical (unpaired) electrons. The molecule has 0 saturated carbocycles. The predicted octanol–water partition coefficient (Wildman–Crippen LogP) is 15.2. The van der Waals surface area contributed by atoms with Gasteiger partial charge in [-0.25, -0.2) is 4.98 Å². The molecule has 0 N–H and O–H groups in total. The number of hydrogen-bond acceptors (Lipinski definition) is 1. The second kappa shape index (κ2) is 17.5. The van der Waals surface area contributed by atoms with E-state index >= 15 is 0 Å². The van der Waals surface area contributed by atoms with Gasteiger partial charge in [0.2, 0.25) is 0 Å². The monoisotopic (exact) mass is 760 g/mol. The summed E-state index contributed by atoms with van der Waals surface area (Å²) in [4.78, 5) is 5.26. The van der Waals surface area contributed by atoms with Crippen molar-refractivity contribution in [1.29, 1.82) is 0 Å². The third-order valence-corrected chi connectivity index (χ3v) is 11.2. The Hall–Kier alpha value is -7.29. The van der Waals surface area contributed by atoms with Crippen molar-refractivity contribution in [3.8, 4) is 50.5 Å². The van der Waals surface area contributed by atoms with E-state index in [9.17, 15) is 0 Å². The number of fused-ring (bicyclic) bond motifs is 4. The molecule has 1 aromatic heterocycles. The number of benzene rings is 7. The summed E-state index contributed by atoms with van der Waals surface area (Å²) in [5, 5.41) is 0. The van der Waals surface area contributed by atoms with Gasteiger partial charge in [-0.3, -0.25) is 4.57 Å². The second-order valence-corrected chi connectivity index (χ2v) is 14.5. The largest absolute Gasteiger partial charge is 0.292 e. The predicted molar refractivity (Wildman–Crippen MR) is 252 cm³/mol. The Bertz CT molecular complexity index is 2770. The van der Waals surface area contributed by atoms with E-state index in [4.69, 9.17) is 4.98 Å². The highest BCUT2D eigenvalue weighted by Gasteiger charge is 2.47. The van der Waals surface area contributed by atoms with Crippen LogP contribution in [0.1, 0.15) is 37.0 Å². The van der Waals surface area contributed by atoms with Gasteiger partial charge in [0, 0.05) is 11.3 Å². The lowest BCUT2D eigenvalue weighted by atomic mass is 9.66. The normalized spacial score (nSPS) is 15.0. The molecule has 0 fully saturated rings. The molecule has 1 heterocycles. The standard InChI is InChI=1S/C51H36N2.C4H8.C2H4/c1-2-11-23-41(22-10-1)51(42-33-39(36-18-6-3-7-19-36)32-40(34-42)37-20-8-4-9-21-37)46-27-15-14-26-44(46)45-35-38(30-31-47(45)51)50-52-48-28-16-17-29-49(48)53(50)43-24-12-5-13-25-43;1-3-4-2;1-2/h1,3-35H,2H2;3-4H,1-2H3;1-2H2/b;4-3-;. The van der Waals surface area contributed by atoms with Crippen molar-refractivity contribution < 1.29 is 0 Å². The van der Waals surface area contributed by atoms with Crippen LogP contribution in [0.15, 0.2) is 237 Å². The molecule has 7 aromatic carbocycles. The Labute approximate surface area is 349 Å². The van der Waals surface area contributed by atoms with Crippen LogP contribution >= 0.6 is 0 Å². The molecule has 0 amide bonds. The molecule has 2 aliphatic rings. The Morgan fingerprint density at radius 1 is 0.542 bits per heavy atom. The van der Waals surface area contributed by atoms with Gasteiger partial charge in [0.15, 0.2) is 0 Å². The highest BCUT2D eigenvalue weighted by atomic mass is 15.1. The maximum Gasteiger partial charge on any atom is 0.145 e. The molecule has 10 rings (SSSR count). The average molecular weight is 761 g/mol. The van der Waals surface area contributed by atoms with Crippen molar-refractivity contribution in [2.24, 2.45) is 0 Å². The molecule has 59 heavy (non-hydrogen) atoms. The Balaban J connectivity index is 0.000000763. The fourth-order valence-electron chi connectivity index (χ4n) is 8.54. The number of aromatic nitrogens is 2. The van der Waals surface area contributed by atoms with Crippen LogP contribution in [-0.2, 0) is 5.41 Å². The highest BCUT2D eigenvalue weighted by Crippen LogP contribution is 2.58. The molecule has 2 heteroatoms. The molecule has 2 aliphatic carbocycles. The van der Waals surface area contributed by atoms with E-state index < -0.39 is 5.41 Å². The number of nitrogens with zero attached hydrogens (tertiary/aromatic N) is 2. The maximum atomic E-state index is 5.26. The average Bonchev–Trinajstić information content (AvgIpc) is 3.71. The van der Waals surface area contributed by atoms with E-state index in [1.54, 1.807) is 0 Å². The van der Waals surface area contributed by atoms with E-state index in [2.05, 4.69) is 224 Å². The third-order valence-electron chi connectivity index (χ3n) is 11.2. The Morgan fingerprint density at radius 3 is 1.81 bits per heavy atom. The van der Waals surface area contributed by atoms with Gasteiger partial charge in [-0.15, -0.1) is 13.2 Å². The van der Waals surface area contributed by atoms with Crippen molar-refractivity contribution in [3.63, 3.8) is 0 Å². The molecular weight excluding hydrogens is 713 g/mol. The van der Waals surface area contributed by atoms with Gasteiger partial charge in [0.25, 0.3) is 0 Å². The molecule has 1 unspecified atom stereocenters. The molecular formula is C57H48N2. The van der Waals surface area contributed by atoms with Crippen LogP contribution in [-0.4, -0.2) is 9.55 Å².